The van der Waals surface area contributed by atoms with Crippen LogP contribution in [0.1, 0.15) is 18.4 Å². The first-order valence-electron chi connectivity index (χ1n) is 7.78. The van der Waals surface area contributed by atoms with Crippen LogP contribution in [0.3, 0.4) is 0 Å². The van der Waals surface area contributed by atoms with Crippen LogP contribution in [0.5, 0.6) is 0 Å². The first-order chi connectivity index (χ1) is 11.1. The lowest BCUT2D eigenvalue weighted by Crippen LogP contribution is -2.46. The first-order valence-corrected chi connectivity index (χ1v) is 8.53. The van der Waals surface area contributed by atoms with Crippen molar-refractivity contribution in [3.8, 4) is 0 Å². The van der Waals surface area contributed by atoms with Gasteiger partial charge < -0.3 is 4.90 Å². The molecular weight excluding hydrogens is 331 g/mol. The van der Waals surface area contributed by atoms with Gasteiger partial charge in [0.2, 0.25) is 0 Å². The van der Waals surface area contributed by atoms with E-state index < -0.39 is 0 Å². The predicted octanol–water partition coefficient (Wildman–Crippen LogP) is 3.88. The number of hydrogen-bond acceptors (Lipinski definition) is 4. The van der Waals surface area contributed by atoms with Crippen LogP contribution in [-0.4, -0.2) is 41.0 Å². The average molecular weight is 351 g/mol. The standard InChI is InChI=1S/C17H20Cl2N4/c1-22(17-4-5-20-12-21-17)16-3-2-6-23(11-16)10-13-7-14(18)9-15(19)8-13/h4-5,7-9,12,16H,2-3,6,10-11H2,1H3. The van der Waals surface area contributed by atoms with Gasteiger partial charge >= 0.3 is 0 Å². The molecule has 0 aliphatic carbocycles. The molecule has 0 radical (unpaired) electrons. The molecule has 1 atom stereocenters. The highest BCUT2D eigenvalue weighted by atomic mass is 35.5. The monoisotopic (exact) mass is 350 g/mol. The van der Waals surface area contributed by atoms with E-state index in [0.717, 1.165) is 31.0 Å². The van der Waals surface area contributed by atoms with Gasteiger partial charge in [-0.2, -0.15) is 0 Å². The molecule has 122 valence electrons. The molecule has 2 aromatic rings. The Kier molecular flexibility index (Phi) is 5.36. The maximum Gasteiger partial charge on any atom is 0.131 e. The van der Waals surface area contributed by atoms with Crippen molar-refractivity contribution in [1.29, 1.82) is 0 Å². The molecule has 1 aromatic heterocycles. The summed E-state index contributed by atoms with van der Waals surface area (Å²) in [6, 6.07) is 8.16. The van der Waals surface area contributed by atoms with E-state index in [1.165, 1.54) is 12.8 Å². The molecule has 0 N–H and O–H groups in total. The Labute approximate surface area is 147 Å². The van der Waals surface area contributed by atoms with Crippen LogP contribution in [0.25, 0.3) is 0 Å². The average Bonchev–Trinajstić information content (AvgIpc) is 2.54. The number of rotatable bonds is 4. The van der Waals surface area contributed by atoms with E-state index in [4.69, 9.17) is 23.2 Å². The van der Waals surface area contributed by atoms with Crippen LogP contribution >= 0.6 is 23.2 Å². The van der Waals surface area contributed by atoms with Crippen molar-refractivity contribution in [3.05, 3.63) is 52.4 Å². The fourth-order valence-corrected chi connectivity index (χ4v) is 3.70. The van der Waals surface area contributed by atoms with Crippen LogP contribution in [0.2, 0.25) is 10.0 Å². The van der Waals surface area contributed by atoms with Gasteiger partial charge in [-0.05, 0) is 49.2 Å². The maximum absolute atomic E-state index is 6.10. The lowest BCUT2D eigenvalue weighted by Gasteiger charge is -2.38. The van der Waals surface area contributed by atoms with Crippen molar-refractivity contribution >= 4 is 29.0 Å². The minimum atomic E-state index is 0.452. The van der Waals surface area contributed by atoms with Crippen molar-refractivity contribution in [2.45, 2.75) is 25.4 Å². The Bertz CT molecular complexity index is 630. The normalized spacial score (nSPS) is 18.8. The Morgan fingerprint density at radius 3 is 2.74 bits per heavy atom. The second-order valence-corrected chi connectivity index (χ2v) is 6.86. The second-order valence-electron chi connectivity index (χ2n) is 5.99. The van der Waals surface area contributed by atoms with E-state index in [1.54, 1.807) is 18.6 Å². The van der Waals surface area contributed by atoms with Crippen molar-refractivity contribution in [3.63, 3.8) is 0 Å². The fourth-order valence-electron chi connectivity index (χ4n) is 3.13. The molecule has 0 amide bonds. The number of likely N-dealkylation sites (N-methyl/N-ethyl adjacent to an activating group) is 1. The number of benzene rings is 1. The van der Waals surface area contributed by atoms with Gasteiger partial charge in [0.1, 0.15) is 12.1 Å². The Morgan fingerprint density at radius 1 is 1.26 bits per heavy atom. The molecule has 1 unspecified atom stereocenters. The van der Waals surface area contributed by atoms with E-state index in [1.807, 2.05) is 18.2 Å². The topological polar surface area (TPSA) is 32.3 Å². The lowest BCUT2D eigenvalue weighted by atomic mass is 10.0. The summed E-state index contributed by atoms with van der Waals surface area (Å²) in [5, 5.41) is 1.39. The largest absolute Gasteiger partial charge is 0.355 e. The van der Waals surface area contributed by atoms with Crippen molar-refractivity contribution in [1.82, 2.24) is 14.9 Å². The van der Waals surface area contributed by atoms with Crippen LogP contribution in [0, 0.1) is 0 Å². The van der Waals surface area contributed by atoms with Gasteiger partial charge in [-0.3, -0.25) is 4.90 Å². The zero-order chi connectivity index (χ0) is 16.2. The third-order valence-electron chi connectivity index (χ3n) is 4.28. The van der Waals surface area contributed by atoms with Gasteiger partial charge in [0.25, 0.3) is 0 Å². The molecular formula is C17H20Cl2N4. The maximum atomic E-state index is 6.10. The number of aromatic nitrogens is 2. The summed E-state index contributed by atoms with van der Waals surface area (Å²) in [6.07, 6.45) is 5.73. The molecule has 4 nitrogen and oxygen atoms in total. The van der Waals surface area contributed by atoms with Crippen molar-refractivity contribution in [2.24, 2.45) is 0 Å². The Hall–Kier alpha value is -1.36. The molecule has 3 rings (SSSR count). The van der Waals surface area contributed by atoms with E-state index in [-0.39, 0.29) is 0 Å². The van der Waals surface area contributed by atoms with E-state index >= 15 is 0 Å². The van der Waals surface area contributed by atoms with E-state index in [2.05, 4.69) is 26.8 Å². The van der Waals surface area contributed by atoms with Gasteiger partial charge in [0.15, 0.2) is 0 Å². The van der Waals surface area contributed by atoms with Crippen LogP contribution in [0.4, 0.5) is 5.82 Å². The van der Waals surface area contributed by atoms with Gasteiger partial charge in [-0.25, -0.2) is 9.97 Å². The number of halogens is 2. The van der Waals surface area contributed by atoms with E-state index in [9.17, 15) is 0 Å². The second kappa shape index (κ2) is 7.47. The van der Waals surface area contributed by atoms with Crippen molar-refractivity contribution in [2.75, 3.05) is 25.0 Å². The van der Waals surface area contributed by atoms with E-state index in [0.29, 0.717) is 16.1 Å². The summed E-state index contributed by atoms with van der Waals surface area (Å²) in [5.74, 6) is 0.970. The van der Waals surface area contributed by atoms with Gasteiger partial charge in [-0.15, -0.1) is 0 Å². The Morgan fingerprint density at radius 2 is 2.04 bits per heavy atom. The summed E-state index contributed by atoms with van der Waals surface area (Å²) in [6.45, 7) is 2.97. The smallest absolute Gasteiger partial charge is 0.131 e. The number of piperidine rings is 1. The molecule has 0 saturated carbocycles. The Balaban J connectivity index is 1.66. The summed E-state index contributed by atoms with van der Waals surface area (Å²) < 4.78 is 0. The molecule has 0 spiro atoms. The number of anilines is 1. The molecule has 6 heteroatoms. The quantitative estimate of drug-likeness (QED) is 0.837. The zero-order valence-corrected chi connectivity index (χ0v) is 14.6. The molecule has 0 bridgehead atoms. The molecule has 1 fully saturated rings. The van der Waals surface area contributed by atoms with Gasteiger partial charge in [-0.1, -0.05) is 23.2 Å². The highest BCUT2D eigenvalue weighted by molar-refractivity contribution is 6.34. The number of hydrogen-bond donors (Lipinski definition) is 0. The summed E-state index contributed by atoms with van der Waals surface area (Å²) >= 11 is 12.2. The SMILES string of the molecule is CN(c1ccncn1)C1CCCN(Cc2cc(Cl)cc(Cl)c2)C1. The minimum absolute atomic E-state index is 0.452. The highest BCUT2D eigenvalue weighted by Gasteiger charge is 2.24. The minimum Gasteiger partial charge on any atom is -0.355 e. The van der Waals surface area contributed by atoms with Crippen LogP contribution in [0.15, 0.2) is 36.8 Å². The van der Waals surface area contributed by atoms with Crippen LogP contribution in [-0.2, 0) is 6.54 Å². The summed E-state index contributed by atoms with van der Waals surface area (Å²) in [5.41, 5.74) is 1.16. The van der Waals surface area contributed by atoms with Gasteiger partial charge in [0.05, 0.1) is 0 Å². The lowest BCUT2D eigenvalue weighted by molar-refractivity contribution is 0.198. The summed E-state index contributed by atoms with van der Waals surface area (Å²) in [4.78, 5) is 13.0. The van der Waals surface area contributed by atoms with Crippen molar-refractivity contribution < 1.29 is 0 Å². The fraction of sp³-hybridized carbons (Fsp3) is 0.412. The highest BCUT2D eigenvalue weighted by Crippen LogP contribution is 2.23. The zero-order valence-electron chi connectivity index (χ0n) is 13.1. The molecule has 1 aliphatic rings. The van der Waals surface area contributed by atoms with Gasteiger partial charge in [0, 0.05) is 42.4 Å². The summed E-state index contributed by atoms with van der Waals surface area (Å²) in [7, 11) is 2.10. The number of nitrogens with zero attached hydrogens (tertiary/aromatic N) is 4. The molecule has 23 heavy (non-hydrogen) atoms. The molecule has 2 heterocycles. The number of likely N-dealkylation sites (tertiary alicyclic amines) is 1. The molecule has 1 saturated heterocycles. The molecule has 1 aliphatic heterocycles. The third-order valence-corrected chi connectivity index (χ3v) is 4.72. The molecule has 1 aromatic carbocycles. The predicted molar refractivity (Wildman–Crippen MR) is 95.2 cm³/mol. The third kappa shape index (κ3) is 4.34. The first kappa shape index (κ1) is 16.5. The van der Waals surface area contributed by atoms with Crippen LogP contribution < -0.4 is 4.90 Å².